The second-order valence-corrected chi connectivity index (χ2v) is 5.46. The lowest BCUT2D eigenvalue weighted by Gasteiger charge is -2.25. The van der Waals surface area contributed by atoms with Crippen LogP contribution in [0.2, 0.25) is 5.02 Å². The van der Waals surface area contributed by atoms with Gasteiger partial charge in [-0.3, -0.25) is 0 Å². The summed E-state index contributed by atoms with van der Waals surface area (Å²) < 4.78 is 12.9. The van der Waals surface area contributed by atoms with Crippen LogP contribution >= 0.6 is 11.6 Å². The van der Waals surface area contributed by atoms with Crippen LogP contribution in [0.15, 0.2) is 18.2 Å². The summed E-state index contributed by atoms with van der Waals surface area (Å²) in [5, 5.41) is 9.81. The van der Waals surface area contributed by atoms with Crippen molar-refractivity contribution in [2.24, 2.45) is 0 Å². The molecule has 0 amide bonds. The van der Waals surface area contributed by atoms with Crippen LogP contribution in [0.4, 0.5) is 4.39 Å². The summed E-state index contributed by atoms with van der Waals surface area (Å²) in [5.74, 6) is -0.389. The normalized spacial score (nSPS) is 12.2. The van der Waals surface area contributed by atoms with Crippen molar-refractivity contribution in [1.82, 2.24) is 4.90 Å². The van der Waals surface area contributed by atoms with Crippen LogP contribution < -0.4 is 0 Å². The lowest BCUT2D eigenvalue weighted by molar-refractivity contribution is 0.0450. The van der Waals surface area contributed by atoms with Crippen molar-refractivity contribution in [3.63, 3.8) is 0 Å². The molecular weight excluding hydrogens is 241 g/mol. The third kappa shape index (κ3) is 5.48. The zero-order chi connectivity index (χ0) is 13.1. The average molecular weight is 260 g/mol. The van der Waals surface area contributed by atoms with E-state index in [2.05, 4.69) is 0 Å². The van der Waals surface area contributed by atoms with Crippen LogP contribution in [0.3, 0.4) is 0 Å². The quantitative estimate of drug-likeness (QED) is 0.879. The number of nitrogens with zero attached hydrogens (tertiary/aromatic N) is 1. The molecule has 0 aliphatic carbocycles. The molecule has 96 valence electrons. The molecule has 0 atom stereocenters. The smallest absolute Gasteiger partial charge is 0.141 e. The van der Waals surface area contributed by atoms with E-state index in [1.165, 1.54) is 6.07 Å². The molecule has 0 saturated heterocycles. The lowest BCUT2D eigenvalue weighted by atomic mass is 10.1. The van der Waals surface area contributed by atoms with E-state index in [-0.39, 0.29) is 10.8 Å². The van der Waals surface area contributed by atoms with Crippen LogP contribution in [-0.2, 0) is 6.42 Å². The fourth-order valence-corrected chi connectivity index (χ4v) is 1.96. The highest BCUT2D eigenvalue weighted by Crippen LogP contribution is 2.16. The highest BCUT2D eigenvalue weighted by molar-refractivity contribution is 6.30. The maximum Gasteiger partial charge on any atom is 0.141 e. The second-order valence-electron chi connectivity index (χ2n) is 5.05. The first-order chi connectivity index (χ1) is 7.78. The molecular formula is C13H19ClFNO. The zero-order valence-corrected chi connectivity index (χ0v) is 11.3. The van der Waals surface area contributed by atoms with Gasteiger partial charge in [0, 0.05) is 13.1 Å². The number of likely N-dealkylation sites (N-methyl/N-ethyl adjacent to an activating group) is 1. The van der Waals surface area contributed by atoms with Gasteiger partial charge in [-0.25, -0.2) is 4.39 Å². The Morgan fingerprint density at radius 1 is 1.41 bits per heavy atom. The molecule has 0 aliphatic heterocycles. The van der Waals surface area contributed by atoms with Crippen molar-refractivity contribution < 1.29 is 9.50 Å². The lowest BCUT2D eigenvalue weighted by Crippen LogP contribution is -2.37. The number of halogens is 2. The van der Waals surface area contributed by atoms with Gasteiger partial charge < -0.3 is 10.0 Å². The highest BCUT2D eigenvalue weighted by Gasteiger charge is 2.15. The van der Waals surface area contributed by atoms with E-state index in [9.17, 15) is 9.50 Å². The molecule has 0 radical (unpaired) electrons. The van der Waals surface area contributed by atoms with Gasteiger partial charge in [-0.15, -0.1) is 0 Å². The van der Waals surface area contributed by atoms with Gasteiger partial charge >= 0.3 is 0 Å². The molecule has 17 heavy (non-hydrogen) atoms. The van der Waals surface area contributed by atoms with E-state index in [0.29, 0.717) is 6.54 Å². The number of hydrogen-bond donors (Lipinski definition) is 1. The van der Waals surface area contributed by atoms with Gasteiger partial charge in [0.25, 0.3) is 0 Å². The Hall–Kier alpha value is -0.640. The van der Waals surface area contributed by atoms with Crippen LogP contribution in [-0.4, -0.2) is 35.7 Å². The molecule has 0 unspecified atom stereocenters. The minimum Gasteiger partial charge on any atom is -0.389 e. The zero-order valence-electron chi connectivity index (χ0n) is 10.5. The van der Waals surface area contributed by atoms with Crippen LogP contribution in [0, 0.1) is 5.82 Å². The highest BCUT2D eigenvalue weighted by atomic mass is 35.5. The summed E-state index contributed by atoms with van der Waals surface area (Å²) in [7, 11) is 1.95. The van der Waals surface area contributed by atoms with Gasteiger partial charge in [-0.05, 0) is 45.0 Å². The van der Waals surface area contributed by atoms with E-state index in [4.69, 9.17) is 11.6 Å². The molecule has 1 aromatic carbocycles. The molecule has 0 aliphatic rings. The Morgan fingerprint density at radius 2 is 2.06 bits per heavy atom. The van der Waals surface area contributed by atoms with Gasteiger partial charge in [-0.1, -0.05) is 17.7 Å². The van der Waals surface area contributed by atoms with Crippen molar-refractivity contribution in [1.29, 1.82) is 0 Å². The Kier molecular flexibility index (Phi) is 4.92. The van der Waals surface area contributed by atoms with Crippen LogP contribution in [0.25, 0.3) is 0 Å². The SMILES string of the molecule is CN(CCc1ccc(F)c(Cl)c1)CC(C)(C)O. The number of aliphatic hydroxyl groups is 1. The first-order valence-corrected chi connectivity index (χ1v) is 6.00. The predicted octanol–water partition coefficient (Wildman–Crippen LogP) is 2.72. The van der Waals surface area contributed by atoms with E-state index >= 15 is 0 Å². The molecule has 4 heteroatoms. The Labute approximate surface area is 107 Å². The first kappa shape index (κ1) is 14.4. The topological polar surface area (TPSA) is 23.5 Å². The van der Waals surface area contributed by atoms with Crippen molar-refractivity contribution in [2.45, 2.75) is 25.9 Å². The van der Waals surface area contributed by atoms with Crippen LogP contribution in [0.1, 0.15) is 19.4 Å². The molecule has 0 fully saturated rings. The average Bonchev–Trinajstić information content (AvgIpc) is 2.17. The Morgan fingerprint density at radius 3 is 2.59 bits per heavy atom. The van der Waals surface area contributed by atoms with Gasteiger partial charge in [0.15, 0.2) is 0 Å². The third-order valence-corrected chi connectivity index (χ3v) is 2.71. The number of rotatable bonds is 5. The Balaban J connectivity index is 2.47. The summed E-state index contributed by atoms with van der Waals surface area (Å²) in [6.45, 7) is 4.95. The van der Waals surface area contributed by atoms with E-state index in [0.717, 1.165) is 18.5 Å². The molecule has 0 aromatic heterocycles. The van der Waals surface area contributed by atoms with Crippen molar-refractivity contribution >= 4 is 11.6 Å². The number of hydrogen-bond acceptors (Lipinski definition) is 2. The van der Waals surface area contributed by atoms with Crippen LogP contribution in [0.5, 0.6) is 0 Å². The summed E-state index contributed by atoms with van der Waals surface area (Å²) in [6, 6.07) is 4.77. The van der Waals surface area contributed by atoms with Crippen molar-refractivity contribution in [3.8, 4) is 0 Å². The van der Waals surface area contributed by atoms with Gasteiger partial charge in [-0.2, -0.15) is 0 Å². The van der Waals surface area contributed by atoms with E-state index in [1.807, 2.05) is 11.9 Å². The van der Waals surface area contributed by atoms with Crippen molar-refractivity contribution in [3.05, 3.63) is 34.6 Å². The van der Waals surface area contributed by atoms with Gasteiger partial charge in [0.2, 0.25) is 0 Å². The predicted molar refractivity (Wildman–Crippen MR) is 68.9 cm³/mol. The maximum atomic E-state index is 12.9. The fraction of sp³-hybridized carbons (Fsp3) is 0.538. The molecule has 0 saturated carbocycles. The summed E-state index contributed by atoms with van der Waals surface area (Å²) in [4.78, 5) is 2.04. The summed E-state index contributed by atoms with van der Waals surface area (Å²) in [6.07, 6.45) is 0.784. The maximum absolute atomic E-state index is 12.9. The van der Waals surface area contributed by atoms with Crippen molar-refractivity contribution in [2.75, 3.05) is 20.1 Å². The minimum absolute atomic E-state index is 0.160. The molecule has 0 spiro atoms. The Bertz CT molecular complexity index is 376. The van der Waals surface area contributed by atoms with Gasteiger partial charge in [0.05, 0.1) is 10.6 Å². The molecule has 2 nitrogen and oxygen atoms in total. The summed E-state index contributed by atoms with van der Waals surface area (Å²) in [5.41, 5.74) is 0.300. The minimum atomic E-state index is -0.699. The summed E-state index contributed by atoms with van der Waals surface area (Å²) >= 11 is 5.71. The van der Waals surface area contributed by atoms with Gasteiger partial charge in [0.1, 0.15) is 5.82 Å². The first-order valence-electron chi connectivity index (χ1n) is 5.63. The van der Waals surface area contributed by atoms with E-state index in [1.54, 1.807) is 26.0 Å². The molecule has 0 bridgehead atoms. The fourth-order valence-electron chi connectivity index (χ4n) is 1.75. The second kappa shape index (κ2) is 5.80. The van der Waals surface area contributed by atoms with E-state index < -0.39 is 5.60 Å². The molecule has 0 heterocycles. The third-order valence-electron chi connectivity index (χ3n) is 2.42. The largest absolute Gasteiger partial charge is 0.389 e. The standard InChI is InChI=1S/C13H19ClFNO/c1-13(2,17)9-16(3)7-6-10-4-5-12(15)11(14)8-10/h4-5,8,17H,6-7,9H2,1-3H3. The monoisotopic (exact) mass is 259 g/mol. The molecule has 1 aromatic rings. The molecule has 1 rings (SSSR count). The number of benzene rings is 1. The molecule has 1 N–H and O–H groups in total.